The third kappa shape index (κ3) is 5.08. The highest BCUT2D eigenvalue weighted by Gasteiger charge is 2.33. The van der Waals surface area contributed by atoms with E-state index in [-0.39, 0.29) is 25.1 Å². The second-order valence-corrected chi connectivity index (χ2v) is 4.38. The topological polar surface area (TPSA) is 61.4 Å². The Hall–Kier alpha value is -1.76. The van der Waals surface area contributed by atoms with Crippen LogP contribution < -0.4 is 10.6 Å². The Kier molecular flexibility index (Phi) is 5.82. The SMILES string of the molecule is CC(Cc1ccccc1C(F)(F)F)NC(=O)NCCO. The summed E-state index contributed by atoms with van der Waals surface area (Å²) in [7, 11) is 0. The summed E-state index contributed by atoms with van der Waals surface area (Å²) >= 11 is 0. The van der Waals surface area contributed by atoms with E-state index in [1.54, 1.807) is 6.92 Å². The molecule has 2 amide bonds. The van der Waals surface area contributed by atoms with Crippen molar-refractivity contribution in [1.82, 2.24) is 10.6 Å². The van der Waals surface area contributed by atoms with Crippen LogP contribution in [0.1, 0.15) is 18.1 Å². The number of hydrogen-bond donors (Lipinski definition) is 3. The van der Waals surface area contributed by atoms with Gasteiger partial charge in [-0.25, -0.2) is 4.79 Å². The van der Waals surface area contributed by atoms with Gasteiger partial charge >= 0.3 is 12.2 Å². The second kappa shape index (κ2) is 7.14. The molecule has 0 saturated carbocycles. The summed E-state index contributed by atoms with van der Waals surface area (Å²) in [5, 5.41) is 13.4. The standard InChI is InChI=1S/C13H17F3N2O2/c1-9(18-12(20)17-6-7-19)8-10-4-2-3-5-11(10)13(14,15)16/h2-5,9,19H,6-8H2,1H3,(H2,17,18,20). The highest BCUT2D eigenvalue weighted by molar-refractivity contribution is 5.74. The molecular weight excluding hydrogens is 273 g/mol. The monoisotopic (exact) mass is 290 g/mol. The van der Waals surface area contributed by atoms with Crippen LogP contribution in [0.5, 0.6) is 0 Å². The molecule has 0 aliphatic heterocycles. The van der Waals surface area contributed by atoms with Gasteiger partial charge in [-0.15, -0.1) is 0 Å². The van der Waals surface area contributed by atoms with E-state index in [4.69, 9.17) is 5.11 Å². The molecule has 1 aromatic carbocycles. The highest BCUT2D eigenvalue weighted by Crippen LogP contribution is 2.32. The Morgan fingerprint density at radius 2 is 2.00 bits per heavy atom. The Bertz CT molecular complexity index is 449. The minimum Gasteiger partial charge on any atom is -0.395 e. The number of benzene rings is 1. The first kappa shape index (κ1) is 16.3. The van der Waals surface area contributed by atoms with Crippen molar-refractivity contribution >= 4 is 6.03 Å². The predicted octanol–water partition coefficient (Wildman–Crippen LogP) is 1.93. The Morgan fingerprint density at radius 1 is 1.35 bits per heavy atom. The lowest BCUT2D eigenvalue weighted by atomic mass is 10.0. The van der Waals surface area contributed by atoms with Crippen molar-refractivity contribution in [2.24, 2.45) is 0 Å². The summed E-state index contributed by atoms with van der Waals surface area (Å²) in [6.45, 7) is 1.52. The van der Waals surface area contributed by atoms with E-state index in [9.17, 15) is 18.0 Å². The number of aliphatic hydroxyl groups excluding tert-OH is 1. The quantitative estimate of drug-likeness (QED) is 0.776. The lowest BCUT2D eigenvalue weighted by Crippen LogP contribution is -2.42. The van der Waals surface area contributed by atoms with Gasteiger partial charge in [-0.3, -0.25) is 0 Å². The first-order valence-electron chi connectivity index (χ1n) is 6.15. The summed E-state index contributed by atoms with van der Waals surface area (Å²) < 4.78 is 38.4. The first-order valence-corrected chi connectivity index (χ1v) is 6.15. The number of amides is 2. The van der Waals surface area contributed by atoms with Gasteiger partial charge in [-0.05, 0) is 25.0 Å². The Labute approximate surface area is 115 Å². The van der Waals surface area contributed by atoms with Gasteiger partial charge in [-0.2, -0.15) is 13.2 Å². The van der Waals surface area contributed by atoms with E-state index in [1.165, 1.54) is 18.2 Å². The molecule has 0 aliphatic rings. The largest absolute Gasteiger partial charge is 0.416 e. The van der Waals surface area contributed by atoms with E-state index in [0.717, 1.165) is 6.07 Å². The van der Waals surface area contributed by atoms with Crippen LogP contribution in [0.3, 0.4) is 0 Å². The van der Waals surface area contributed by atoms with Crippen molar-refractivity contribution in [3.8, 4) is 0 Å². The van der Waals surface area contributed by atoms with Crippen LogP contribution in [0, 0.1) is 0 Å². The van der Waals surface area contributed by atoms with Gasteiger partial charge in [0.25, 0.3) is 0 Å². The molecule has 112 valence electrons. The van der Waals surface area contributed by atoms with Crippen molar-refractivity contribution in [3.63, 3.8) is 0 Å². The van der Waals surface area contributed by atoms with E-state index >= 15 is 0 Å². The van der Waals surface area contributed by atoms with Crippen LogP contribution in [-0.2, 0) is 12.6 Å². The minimum absolute atomic E-state index is 0.0717. The molecule has 1 aromatic rings. The Balaban J connectivity index is 2.67. The van der Waals surface area contributed by atoms with Crippen molar-refractivity contribution in [1.29, 1.82) is 0 Å². The molecule has 0 fully saturated rings. The number of aliphatic hydroxyl groups is 1. The summed E-state index contributed by atoms with van der Waals surface area (Å²) in [5.41, 5.74) is -0.556. The zero-order chi connectivity index (χ0) is 15.2. The number of hydrogen-bond acceptors (Lipinski definition) is 2. The van der Waals surface area contributed by atoms with E-state index in [0.29, 0.717) is 0 Å². The predicted molar refractivity (Wildman–Crippen MR) is 68.2 cm³/mol. The zero-order valence-electron chi connectivity index (χ0n) is 11.0. The molecule has 20 heavy (non-hydrogen) atoms. The zero-order valence-corrected chi connectivity index (χ0v) is 11.0. The fraction of sp³-hybridized carbons (Fsp3) is 0.462. The molecule has 1 unspecified atom stereocenters. The molecule has 0 aliphatic carbocycles. The first-order chi connectivity index (χ1) is 9.34. The number of nitrogens with one attached hydrogen (secondary N) is 2. The van der Waals surface area contributed by atoms with Crippen molar-refractivity contribution < 1.29 is 23.1 Å². The molecule has 0 saturated heterocycles. The van der Waals surface area contributed by atoms with Gasteiger partial charge in [0.15, 0.2) is 0 Å². The van der Waals surface area contributed by atoms with Crippen molar-refractivity contribution in [3.05, 3.63) is 35.4 Å². The van der Waals surface area contributed by atoms with Gasteiger partial charge in [0.05, 0.1) is 12.2 Å². The van der Waals surface area contributed by atoms with Crippen molar-refractivity contribution in [2.75, 3.05) is 13.2 Å². The number of carbonyl (C=O) groups is 1. The van der Waals surface area contributed by atoms with Gasteiger partial charge in [-0.1, -0.05) is 18.2 Å². The van der Waals surface area contributed by atoms with Crippen LogP contribution in [0.15, 0.2) is 24.3 Å². The third-order valence-corrected chi connectivity index (χ3v) is 2.62. The molecule has 0 heterocycles. The normalized spacial score (nSPS) is 12.8. The molecule has 7 heteroatoms. The van der Waals surface area contributed by atoms with E-state index in [1.807, 2.05) is 0 Å². The summed E-state index contributed by atoms with van der Waals surface area (Å²) in [4.78, 5) is 11.3. The molecule has 3 N–H and O–H groups in total. The second-order valence-electron chi connectivity index (χ2n) is 4.38. The fourth-order valence-electron chi connectivity index (χ4n) is 1.80. The van der Waals surface area contributed by atoms with Gasteiger partial charge in [0.2, 0.25) is 0 Å². The van der Waals surface area contributed by atoms with Crippen LogP contribution in [0.2, 0.25) is 0 Å². The smallest absolute Gasteiger partial charge is 0.395 e. The lowest BCUT2D eigenvalue weighted by molar-refractivity contribution is -0.138. The minimum atomic E-state index is -4.41. The molecule has 0 aromatic heterocycles. The highest BCUT2D eigenvalue weighted by atomic mass is 19.4. The number of halogens is 3. The van der Waals surface area contributed by atoms with Crippen LogP contribution >= 0.6 is 0 Å². The average Bonchev–Trinajstić information content (AvgIpc) is 2.35. The molecule has 1 rings (SSSR count). The molecule has 0 bridgehead atoms. The summed E-state index contributed by atoms with van der Waals surface area (Å²) in [6.07, 6.45) is -4.34. The maximum absolute atomic E-state index is 12.8. The maximum Gasteiger partial charge on any atom is 0.416 e. The molecule has 4 nitrogen and oxygen atoms in total. The molecular formula is C13H17F3N2O2. The number of rotatable bonds is 5. The number of alkyl halides is 3. The molecule has 1 atom stereocenters. The van der Waals surface area contributed by atoms with Crippen molar-refractivity contribution in [2.45, 2.75) is 25.6 Å². The maximum atomic E-state index is 12.8. The Morgan fingerprint density at radius 3 is 2.60 bits per heavy atom. The third-order valence-electron chi connectivity index (χ3n) is 2.62. The number of carbonyl (C=O) groups excluding carboxylic acids is 1. The van der Waals surface area contributed by atoms with Crippen LogP contribution in [0.25, 0.3) is 0 Å². The average molecular weight is 290 g/mol. The van der Waals surface area contributed by atoms with Gasteiger partial charge in [0.1, 0.15) is 0 Å². The van der Waals surface area contributed by atoms with Crippen LogP contribution in [-0.4, -0.2) is 30.3 Å². The lowest BCUT2D eigenvalue weighted by Gasteiger charge is -2.17. The fourth-order valence-corrected chi connectivity index (χ4v) is 1.80. The summed E-state index contributed by atoms with van der Waals surface area (Å²) in [6, 6.07) is 4.30. The van der Waals surface area contributed by atoms with E-state index < -0.39 is 23.8 Å². The molecule has 0 spiro atoms. The van der Waals surface area contributed by atoms with Crippen LogP contribution in [0.4, 0.5) is 18.0 Å². The molecule has 0 radical (unpaired) electrons. The number of urea groups is 1. The van der Waals surface area contributed by atoms with E-state index in [2.05, 4.69) is 10.6 Å². The van der Waals surface area contributed by atoms with Gasteiger partial charge < -0.3 is 15.7 Å². The van der Waals surface area contributed by atoms with Gasteiger partial charge in [0, 0.05) is 12.6 Å². The summed E-state index contributed by atoms with van der Waals surface area (Å²) in [5.74, 6) is 0.